The van der Waals surface area contributed by atoms with E-state index in [9.17, 15) is 9.18 Å². The standard InChI is InChI=1S/C21H20FN9O2/c22-18-9-17(30-14-24-27-28-30)4-5-20(18)33-13-16-11-25-31(26-16)21-3-1-2-8-29(21)19-6-7-23-10-15(19)12-32/h4-7,9-12,14,21H,1-3,8,13H2. The SMILES string of the molecule is O=Cc1cnccc1N1CCCCC1n1ncc(COc2ccc(-n3cnnn3)cc2F)n1. The van der Waals surface area contributed by atoms with Crippen molar-refractivity contribution in [3.05, 3.63) is 66.3 Å². The maximum atomic E-state index is 14.5. The van der Waals surface area contributed by atoms with Gasteiger partial charge >= 0.3 is 0 Å². The number of benzene rings is 1. The van der Waals surface area contributed by atoms with Crippen molar-refractivity contribution in [1.82, 2.24) is 40.2 Å². The Morgan fingerprint density at radius 1 is 1.21 bits per heavy atom. The Morgan fingerprint density at radius 3 is 2.97 bits per heavy atom. The highest BCUT2D eigenvalue weighted by Crippen LogP contribution is 2.32. The van der Waals surface area contributed by atoms with Crippen LogP contribution >= 0.6 is 0 Å². The zero-order chi connectivity index (χ0) is 22.6. The van der Waals surface area contributed by atoms with Gasteiger partial charge in [-0.3, -0.25) is 9.78 Å². The molecule has 4 aromatic rings. The number of pyridine rings is 1. The number of anilines is 1. The molecular formula is C21H20FN9O2. The molecule has 11 nitrogen and oxygen atoms in total. The van der Waals surface area contributed by atoms with Gasteiger partial charge in [0.15, 0.2) is 17.9 Å². The maximum absolute atomic E-state index is 14.5. The lowest BCUT2D eigenvalue weighted by Crippen LogP contribution is -2.38. The van der Waals surface area contributed by atoms with Crippen molar-refractivity contribution in [2.24, 2.45) is 0 Å². The van der Waals surface area contributed by atoms with Crippen LogP contribution in [0.5, 0.6) is 5.75 Å². The third-order valence-corrected chi connectivity index (χ3v) is 5.46. The molecule has 1 atom stereocenters. The molecule has 3 aromatic heterocycles. The summed E-state index contributed by atoms with van der Waals surface area (Å²) in [5, 5.41) is 19.8. The van der Waals surface area contributed by atoms with E-state index in [-0.39, 0.29) is 18.5 Å². The van der Waals surface area contributed by atoms with E-state index in [0.29, 0.717) is 16.9 Å². The van der Waals surface area contributed by atoms with Crippen LogP contribution in [0.1, 0.15) is 41.5 Å². The van der Waals surface area contributed by atoms with E-state index in [1.807, 2.05) is 6.07 Å². The number of rotatable bonds is 7. The number of halogens is 1. The van der Waals surface area contributed by atoms with Crippen LogP contribution in [0.4, 0.5) is 10.1 Å². The van der Waals surface area contributed by atoms with Crippen molar-refractivity contribution in [3.63, 3.8) is 0 Å². The highest BCUT2D eigenvalue weighted by Gasteiger charge is 2.27. The number of piperidine rings is 1. The lowest BCUT2D eigenvalue weighted by Gasteiger charge is -2.37. The van der Waals surface area contributed by atoms with Gasteiger partial charge in [-0.2, -0.15) is 15.0 Å². The summed E-state index contributed by atoms with van der Waals surface area (Å²) < 4.78 is 21.4. The van der Waals surface area contributed by atoms with Crippen LogP contribution in [0.25, 0.3) is 5.69 Å². The lowest BCUT2D eigenvalue weighted by atomic mass is 10.1. The molecule has 12 heteroatoms. The Balaban J connectivity index is 1.30. The highest BCUT2D eigenvalue weighted by molar-refractivity contribution is 5.84. The number of hydrogen-bond donors (Lipinski definition) is 0. The van der Waals surface area contributed by atoms with Gasteiger partial charge in [-0.05, 0) is 47.9 Å². The van der Waals surface area contributed by atoms with Gasteiger partial charge in [0.1, 0.15) is 24.8 Å². The molecule has 1 saturated heterocycles. The molecule has 1 aliphatic heterocycles. The number of aldehydes is 1. The third kappa shape index (κ3) is 4.27. The summed E-state index contributed by atoms with van der Waals surface area (Å²) in [6, 6.07) is 6.30. The normalized spacial score (nSPS) is 16.0. The number of hydrogen-bond acceptors (Lipinski definition) is 9. The van der Waals surface area contributed by atoms with Crippen LogP contribution < -0.4 is 9.64 Å². The number of tetrazole rings is 1. The second-order valence-corrected chi connectivity index (χ2v) is 7.54. The van der Waals surface area contributed by atoms with E-state index >= 15 is 0 Å². The summed E-state index contributed by atoms with van der Waals surface area (Å²) in [6.45, 7) is 0.838. The maximum Gasteiger partial charge on any atom is 0.167 e. The predicted molar refractivity (Wildman–Crippen MR) is 113 cm³/mol. The van der Waals surface area contributed by atoms with E-state index in [4.69, 9.17) is 4.74 Å². The summed E-state index contributed by atoms with van der Waals surface area (Å²) in [6.07, 6.45) is 9.75. The van der Waals surface area contributed by atoms with Crippen molar-refractivity contribution in [2.75, 3.05) is 11.4 Å². The van der Waals surface area contributed by atoms with Gasteiger partial charge in [0.05, 0.1) is 23.1 Å². The first-order valence-corrected chi connectivity index (χ1v) is 10.4. The van der Waals surface area contributed by atoms with Gasteiger partial charge in [-0.25, -0.2) is 9.07 Å². The highest BCUT2D eigenvalue weighted by atomic mass is 19.1. The van der Waals surface area contributed by atoms with Crippen molar-refractivity contribution < 1.29 is 13.9 Å². The fraction of sp³-hybridized carbons (Fsp3) is 0.286. The van der Waals surface area contributed by atoms with Crippen LogP contribution in [0, 0.1) is 5.82 Å². The number of carbonyl (C=O) groups excluding carboxylic acids is 1. The minimum atomic E-state index is -0.534. The monoisotopic (exact) mass is 449 g/mol. The van der Waals surface area contributed by atoms with Crippen molar-refractivity contribution >= 4 is 12.0 Å². The quantitative estimate of drug-likeness (QED) is 0.392. The summed E-state index contributed by atoms with van der Waals surface area (Å²) in [7, 11) is 0. The van der Waals surface area contributed by atoms with Gasteiger partial charge in [-0.15, -0.1) is 5.10 Å². The van der Waals surface area contributed by atoms with Gasteiger partial charge < -0.3 is 9.64 Å². The molecule has 0 saturated carbocycles. The molecule has 0 aliphatic carbocycles. The molecule has 0 N–H and O–H groups in total. The Bertz CT molecular complexity index is 1240. The fourth-order valence-electron chi connectivity index (χ4n) is 3.89. The summed E-state index contributed by atoms with van der Waals surface area (Å²) >= 11 is 0. The third-order valence-electron chi connectivity index (χ3n) is 5.46. The Kier molecular flexibility index (Phi) is 5.70. The van der Waals surface area contributed by atoms with E-state index in [1.54, 1.807) is 29.5 Å². The topological polar surface area (TPSA) is 117 Å². The first kappa shape index (κ1) is 20.7. The molecular weight excluding hydrogens is 429 g/mol. The van der Waals surface area contributed by atoms with Crippen molar-refractivity contribution in [2.45, 2.75) is 32.0 Å². The molecule has 33 heavy (non-hydrogen) atoms. The summed E-state index contributed by atoms with van der Waals surface area (Å²) in [5.74, 6) is -0.444. The molecule has 0 bridgehead atoms. The molecule has 0 spiro atoms. The average molecular weight is 449 g/mol. The van der Waals surface area contributed by atoms with Gasteiger partial charge in [0.25, 0.3) is 0 Å². The van der Waals surface area contributed by atoms with E-state index in [2.05, 4.69) is 35.6 Å². The number of carbonyl (C=O) groups is 1. The molecule has 0 radical (unpaired) electrons. The molecule has 5 rings (SSSR count). The number of nitrogens with zero attached hydrogens (tertiary/aromatic N) is 9. The smallest absolute Gasteiger partial charge is 0.167 e. The first-order chi connectivity index (χ1) is 16.2. The lowest BCUT2D eigenvalue weighted by molar-refractivity contribution is 0.112. The van der Waals surface area contributed by atoms with Gasteiger partial charge in [0.2, 0.25) is 0 Å². The van der Waals surface area contributed by atoms with Crippen LogP contribution in [0.3, 0.4) is 0 Å². The van der Waals surface area contributed by atoms with Crippen molar-refractivity contribution in [3.8, 4) is 11.4 Å². The molecule has 1 unspecified atom stereocenters. The first-order valence-electron chi connectivity index (χ1n) is 10.4. The Labute approximate surface area is 187 Å². The van der Waals surface area contributed by atoms with Crippen LogP contribution in [0.2, 0.25) is 0 Å². The van der Waals surface area contributed by atoms with Gasteiger partial charge in [0, 0.05) is 25.0 Å². The van der Waals surface area contributed by atoms with E-state index in [1.165, 1.54) is 23.1 Å². The fourth-order valence-corrected chi connectivity index (χ4v) is 3.89. The second-order valence-electron chi connectivity index (χ2n) is 7.54. The zero-order valence-corrected chi connectivity index (χ0v) is 17.5. The van der Waals surface area contributed by atoms with E-state index < -0.39 is 5.82 Å². The van der Waals surface area contributed by atoms with E-state index in [0.717, 1.165) is 37.8 Å². The zero-order valence-electron chi connectivity index (χ0n) is 17.5. The largest absolute Gasteiger partial charge is 0.484 e. The predicted octanol–water partition coefficient (Wildman–Crippen LogP) is 2.37. The number of aromatic nitrogens is 8. The minimum absolute atomic E-state index is 0.0582. The Morgan fingerprint density at radius 2 is 2.15 bits per heavy atom. The summed E-state index contributed by atoms with van der Waals surface area (Å²) in [5.41, 5.74) is 2.39. The summed E-state index contributed by atoms with van der Waals surface area (Å²) in [4.78, 5) is 19.3. The molecule has 0 amide bonds. The molecule has 1 fully saturated rings. The van der Waals surface area contributed by atoms with Gasteiger partial charge in [-0.1, -0.05) is 0 Å². The molecule has 4 heterocycles. The average Bonchev–Trinajstić information content (AvgIpc) is 3.56. The minimum Gasteiger partial charge on any atom is -0.484 e. The molecule has 1 aliphatic rings. The Hall–Kier alpha value is -4.22. The second kappa shape index (κ2) is 9.10. The molecule has 1 aromatic carbocycles. The molecule has 168 valence electrons. The van der Waals surface area contributed by atoms with Crippen molar-refractivity contribution in [1.29, 1.82) is 0 Å². The van der Waals surface area contributed by atoms with Crippen LogP contribution in [-0.2, 0) is 6.61 Å². The van der Waals surface area contributed by atoms with Crippen LogP contribution in [-0.4, -0.2) is 53.0 Å². The number of ether oxygens (including phenoxy) is 1. The van der Waals surface area contributed by atoms with Crippen LogP contribution in [0.15, 0.2) is 49.2 Å².